The van der Waals surface area contributed by atoms with Gasteiger partial charge < -0.3 is 0 Å². The van der Waals surface area contributed by atoms with Crippen LogP contribution in [0.1, 0.15) is 71.1 Å². The molecule has 0 nitrogen and oxygen atoms in total. The predicted octanol–water partition coefficient (Wildman–Crippen LogP) is 5.28. The van der Waals surface area contributed by atoms with Crippen molar-refractivity contribution in [2.45, 2.75) is 71.1 Å². The van der Waals surface area contributed by atoms with E-state index >= 15 is 0 Å². The van der Waals surface area contributed by atoms with Crippen molar-refractivity contribution < 1.29 is 0 Å². The summed E-state index contributed by atoms with van der Waals surface area (Å²) in [6, 6.07) is 0. The predicted molar refractivity (Wildman–Crippen MR) is 76.3 cm³/mol. The summed E-state index contributed by atoms with van der Waals surface area (Å²) in [7, 11) is 0. The second kappa shape index (κ2) is 4.53. The van der Waals surface area contributed by atoms with Crippen molar-refractivity contribution in [3.63, 3.8) is 0 Å². The maximum atomic E-state index is 2.51. The molecule has 0 aromatic heterocycles. The van der Waals surface area contributed by atoms with Crippen LogP contribution in [0.4, 0.5) is 0 Å². The molecule has 0 radical (unpaired) electrons. The van der Waals surface area contributed by atoms with Crippen LogP contribution in [0.15, 0.2) is 0 Å². The SMILES string of the molecule is CC1CCC2CCC3C4CCCC4CCC3C2C1. The quantitative estimate of drug-likeness (QED) is 0.546. The molecule has 4 fully saturated rings. The molecule has 0 saturated heterocycles. The van der Waals surface area contributed by atoms with Gasteiger partial charge in [0.2, 0.25) is 0 Å². The minimum Gasteiger partial charge on any atom is -0.0625 e. The van der Waals surface area contributed by atoms with Crippen LogP contribution >= 0.6 is 0 Å². The van der Waals surface area contributed by atoms with Gasteiger partial charge in [0, 0.05) is 0 Å². The van der Waals surface area contributed by atoms with Gasteiger partial charge in [-0.15, -0.1) is 0 Å². The number of fused-ring (bicyclic) bond motifs is 5. The van der Waals surface area contributed by atoms with Crippen molar-refractivity contribution >= 4 is 0 Å². The summed E-state index contributed by atoms with van der Waals surface area (Å²) in [4.78, 5) is 0. The average Bonchev–Trinajstić information content (AvgIpc) is 2.86. The fraction of sp³-hybridized carbons (Fsp3) is 1.00. The smallest absolute Gasteiger partial charge is 0.0352 e. The highest BCUT2D eigenvalue weighted by atomic mass is 14.5. The van der Waals surface area contributed by atoms with Crippen LogP contribution in [0.5, 0.6) is 0 Å². The molecule has 7 atom stereocenters. The van der Waals surface area contributed by atoms with Crippen molar-refractivity contribution in [1.82, 2.24) is 0 Å². The van der Waals surface area contributed by atoms with E-state index in [2.05, 4.69) is 6.92 Å². The Morgan fingerprint density at radius 3 is 2.06 bits per heavy atom. The molecule has 7 unspecified atom stereocenters. The Kier molecular flexibility index (Phi) is 2.97. The molecule has 4 aliphatic carbocycles. The Balaban J connectivity index is 1.55. The van der Waals surface area contributed by atoms with E-state index in [1.165, 1.54) is 12.3 Å². The van der Waals surface area contributed by atoms with E-state index < -0.39 is 0 Å². The van der Waals surface area contributed by atoms with Crippen LogP contribution in [0.25, 0.3) is 0 Å². The van der Waals surface area contributed by atoms with Crippen molar-refractivity contribution in [2.75, 3.05) is 0 Å². The van der Waals surface area contributed by atoms with E-state index in [9.17, 15) is 0 Å². The van der Waals surface area contributed by atoms with Crippen molar-refractivity contribution in [3.05, 3.63) is 0 Å². The first kappa shape index (κ1) is 11.8. The summed E-state index contributed by atoms with van der Waals surface area (Å²) in [5.74, 6) is 7.97. The largest absolute Gasteiger partial charge is 0.0625 e. The molecule has 0 spiro atoms. The van der Waals surface area contributed by atoms with Gasteiger partial charge in [-0.3, -0.25) is 0 Å². The van der Waals surface area contributed by atoms with Gasteiger partial charge in [0.15, 0.2) is 0 Å². The zero-order valence-electron chi connectivity index (χ0n) is 12.1. The van der Waals surface area contributed by atoms with Gasteiger partial charge in [0.1, 0.15) is 0 Å². The average molecular weight is 246 g/mol. The van der Waals surface area contributed by atoms with Gasteiger partial charge in [-0.2, -0.15) is 0 Å². The van der Waals surface area contributed by atoms with E-state index in [-0.39, 0.29) is 0 Å². The van der Waals surface area contributed by atoms with Crippen LogP contribution in [0.3, 0.4) is 0 Å². The molecule has 4 rings (SSSR count). The lowest BCUT2D eigenvalue weighted by atomic mass is 9.53. The lowest BCUT2D eigenvalue weighted by Crippen LogP contribution is -2.44. The number of hydrogen-bond donors (Lipinski definition) is 0. The molecular formula is C18H30. The Labute approximate surface area is 113 Å². The molecule has 0 heteroatoms. The molecule has 0 heterocycles. The fourth-order valence-electron chi connectivity index (χ4n) is 6.66. The summed E-state index contributed by atoms with van der Waals surface area (Å²) in [6.45, 7) is 2.51. The maximum Gasteiger partial charge on any atom is -0.0352 e. The molecule has 0 aromatic rings. The highest BCUT2D eigenvalue weighted by Gasteiger charge is 2.48. The summed E-state index contributed by atoms with van der Waals surface area (Å²) in [6.07, 6.45) is 15.9. The lowest BCUT2D eigenvalue weighted by Gasteiger charge is -2.52. The highest BCUT2D eigenvalue weighted by Crippen LogP contribution is 2.58. The first-order chi connectivity index (χ1) is 8.83. The van der Waals surface area contributed by atoms with Gasteiger partial charge in [0.05, 0.1) is 0 Å². The summed E-state index contributed by atoms with van der Waals surface area (Å²) in [5, 5.41) is 0. The van der Waals surface area contributed by atoms with E-state index in [0.717, 1.165) is 35.5 Å². The molecule has 0 bridgehead atoms. The zero-order valence-corrected chi connectivity index (χ0v) is 12.1. The Morgan fingerprint density at radius 1 is 0.556 bits per heavy atom. The third-order valence-electron chi connectivity index (χ3n) is 7.42. The van der Waals surface area contributed by atoms with Gasteiger partial charge in [0.25, 0.3) is 0 Å². The third kappa shape index (κ3) is 1.78. The van der Waals surface area contributed by atoms with Crippen LogP contribution in [-0.2, 0) is 0 Å². The van der Waals surface area contributed by atoms with Crippen LogP contribution < -0.4 is 0 Å². The van der Waals surface area contributed by atoms with Crippen molar-refractivity contribution in [3.8, 4) is 0 Å². The normalized spacial score (nSPS) is 55.5. The minimum absolute atomic E-state index is 1.03. The third-order valence-corrected chi connectivity index (χ3v) is 7.42. The second-order valence-electron chi connectivity index (χ2n) is 8.18. The number of hydrogen-bond acceptors (Lipinski definition) is 0. The standard InChI is InChI=1S/C18H30/c1-12-5-6-14-8-9-16-15-4-2-3-13(15)7-10-17(16)18(14)11-12/h12-18H,2-11H2,1H3. The summed E-state index contributed by atoms with van der Waals surface area (Å²) in [5.41, 5.74) is 0. The molecule has 0 aliphatic heterocycles. The maximum absolute atomic E-state index is 2.51. The molecule has 4 aliphatic rings. The van der Waals surface area contributed by atoms with Gasteiger partial charge in [-0.05, 0) is 86.4 Å². The summed E-state index contributed by atoms with van der Waals surface area (Å²) >= 11 is 0. The Hall–Kier alpha value is 0. The van der Waals surface area contributed by atoms with E-state index in [4.69, 9.17) is 0 Å². The highest BCUT2D eigenvalue weighted by molar-refractivity contribution is 4.98. The molecule has 0 N–H and O–H groups in total. The number of rotatable bonds is 0. The first-order valence-electron chi connectivity index (χ1n) is 8.83. The molecule has 4 saturated carbocycles. The summed E-state index contributed by atoms with van der Waals surface area (Å²) < 4.78 is 0. The van der Waals surface area contributed by atoms with E-state index in [1.54, 1.807) is 57.8 Å². The minimum atomic E-state index is 1.03. The molecule has 0 aromatic carbocycles. The first-order valence-corrected chi connectivity index (χ1v) is 8.83. The van der Waals surface area contributed by atoms with E-state index in [0.29, 0.717) is 0 Å². The molecular weight excluding hydrogens is 216 g/mol. The Bertz CT molecular complexity index is 305. The topological polar surface area (TPSA) is 0 Å². The molecule has 0 amide bonds. The lowest BCUT2D eigenvalue weighted by molar-refractivity contribution is -0.0281. The van der Waals surface area contributed by atoms with Crippen molar-refractivity contribution in [2.24, 2.45) is 41.4 Å². The van der Waals surface area contributed by atoms with Crippen molar-refractivity contribution in [1.29, 1.82) is 0 Å². The van der Waals surface area contributed by atoms with Gasteiger partial charge in [-0.25, -0.2) is 0 Å². The molecule has 18 heavy (non-hydrogen) atoms. The fourth-order valence-corrected chi connectivity index (χ4v) is 6.66. The zero-order chi connectivity index (χ0) is 12.1. The van der Waals surface area contributed by atoms with Crippen LogP contribution in [0, 0.1) is 41.4 Å². The second-order valence-corrected chi connectivity index (χ2v) is 8.18. The van der Waals surface area contributed by atoms with Gasteiger partial charge in [-0.1, -0.05) is 26.2 Å². The van der Waals surface area contributed by atoms with Crippen LogP contribution in [-0.4, -0.2) is 0 Å². The van der Waals surface area contributed by atoms with Gasteiger partial charge >= 0.3 is 0 Å². The monoisotopic (exact) mass is 246 g/mol. The van der Waals surface area contributed by atoms with Crippen LogP contribution in [0.2, 0.25) is 0 Å². The Morgan fingerprint density at radius 2 is 1.22 bits per heavy atom. The molecule has 102 valence electrons. The van der Waals surface area contributed by atoms with E-state index in [1.807, 2.05) is 0 Å².